The Hall–Kier alpha value is -6.17. The Bertz CT molecular complexity index is 2970. The number of aryl methyl sites for hydroxylation is 1. The van der Waals surface area contributed by atoms with E-state index in [2.05, 4.69) is 29.9 Å². The van der Waals surface area contributed by atoms with E-state index in [0.717, 1.165) is 74.7 Å². The lowest BCUT2D eigenvalue weighted by atomic mass is 9.60. The van der Waals surface area contributed by atoms with Crippen molar-refractivity contribution in [2.75, 3.05) is 60.8 Å². The number of amides is 3. The average molecular weight is 882 g/mol. The SMILES string of the molecule is CCN(C)S(=O)(=O)Nc1ccc(F)c(Oc2ccc3ncn(C4CC5(CCN(C6CC7(C6)CN(c6cc8c(cc6F)c(N6CCC(=O)NC6=O)nn8C)C7)C5)C4)c(=O)c3c2)c1C#N. The molecule has 3 amide bonds. The monoisotopic (exact) mass is 881 g/mol. The number of likely N-dealkylation sites (tertiary alicyclic amines) is 1. The van der Waals surface area contributed by atoms with Gasteiger partial charge < -0.3 is 9.64 Å². The molecule has 20 heteroatoms. The van der Waals surface area contributed by atoms with Crippen LogP contribution < -0.4 is 30.1 Å². The molecule has 328 valence electrons. The van der Waals surface area contributed by atoms with Gasteiger partial charge in [0.25, 0.3) is 5.56 Å². The molecule has 5 fully saturated rings. The van der Waals surface area contributed by atoms with E-state index in [1.165, 1.54) is 30.1 Å². The van der Waals surface area contributed by atoms with Gasteiger partial charge in [-0.05, 0) is 86.5 Å². The van der Waals surface area contributed by atoms with Crippen LogP contribution in [0.3, 0.4) is 0 Å². The number of urea groups is 1. The summed E-state index contributed by atoms with van der Waals surface area (Å²) < 4.78 is 68.6. The van der Waals surface area contributed by atoms with Crippen LogP contribution >= 0.6 is 0 Å². The number of halogens is 2. The van der Waals surface area contributed by atoms with Gasteiger partial charge in [0.05, 0.1) is 34.1 Å². The van der Waals surface area contributed by atoms with Crippen molar-refractivity contribution in [2.45, 2.75) is 57.5 Å². The summed E-state index contributed by atoms with van der Waals surface area (Å²) in [7, 11) is -0.884. The standard InChI is InChI=1S/C43H45F2N11O6S/c1-4-51(2)63(60,61)50-34-8-6-31(44)38(30(34)20-46)62-27-5-7-33-28(13-27)40(58)56(24-47-33)26-18-42(19-26)10-12-53(21-42)25-16-43(17-25)22-54(23-43)36-15-35-29(14-32(36)45)39(49-52(35)3)55-11-9-37(57)48-41(55)59/h5-8,13-15,24-26,50H,4,9-12,16-19,21-23H2,1-3H3,(H,48,57,59). The van der Waals surface area contributed by atoms with E-state index >= 15 is 8.78 Å². The fraction of sp³-hybridized carbons (Fsp3) is 0.442. The molecule has 2 N–H and O–H groups in total. The number of anilines is 3. The minimum Gasteiger partial charge on any atom is -0.453 e. The molecule has 3 aromatic carbocycles. The van der Waals surface area contributed by atoms with Crippen molar-refractivity contribution in [3.05, 3.63) is 76.3 Å². The van der Waals surface area contributed by atoms with Crippen molar-refractivity contribution in [3.63, 3.8) is 0 Å². The number of nitriles is 1. The van der Waals surface area contributed by atoms with Crippen LogP contribution in [0.4, 0.5) is 30.8 Å². The van der Waals surface area contributed by atoms with Gasteiger partial charge in [0.1, 0.15) is 23.2 Å². The van der Waals surface area contributed by atoms with Gasteiger partial charge in [-0.1, -0.05) is 6.92 Å². The van der Waals surface area contributed by atoms with Crippen LogP contribution in [0.5, 0.6) is 11.5 Å². The van der Waals surface area contributed by atoms with E-state index in [1.54, 1.807) is 41.7 Å². The molecule has 5 aliphatic rings. The van der Waals surface area contributed by atoms with Crippen LogP contribution in [0, 0.1) is 33.8 Å². The molecular formula is C43H45F2N11O6S. The quantitative estimate of drug-likeness (QED) is 0.193. The van der Waals surface area contributed by atoms with Crippen molar-refractivity contribution >= 4 is 61.1 Å². The van der Waals surface area contributed by atoms with Crippen LogP contribution in [0.25, 0.3) is 21.8 Å². The maximum absolute atomic E-state index is 15.7. The molecule has 2 aromatic heterocycles. The Labute approximate surface area is 361 Å². The summed E-state index contributed by atoms with van der Waals surface area (Å²) in [6.07, 6.45) is 6.52. The maximum atomic E-state index is 15.7. The second kappa shape index (κ2) is 14.7. The van der Waals surface area contributed by atoms with Crippen LogP contribution in [0.15, 0.2) is 53.6 Å². The molecule has 3 aliphatic heterocycles. The predicted molar refractivity (Wildman–Crippen MR) is 229 cm³/mol. The number of nitrogens with zero attached hydrogens (tertiary/aromatic N) is 9. The van der Waals surface area contributed by atoms with Gasteiger partial charge in [0.2, 0.25) is 5.91 Å². The molecule has 5 heterocycles. The van der Waals surface area contributed by atoms with Gasteiger partial charge in [-0.2, -0.15) is 23.1 Å². The molecule has 5 aromatic rings. The van der Waals surface area contributed by atoms with Gasteiger partial charge in [-0.3, -0.25) is 38.7 Å². The smallest absolute Gasteiger partial charge is 0.329 e. The number of carbonyl (C=O) groups excluding carboxylic acids is 2. The second-order valence-corrected chi connectivity index (χ2v) is 19.7. The highest BCUT2D eigenvalue weighted by Gasteiger charge is 2.57. The van der Waals surface area contributed by atoms with Crippen molar-refractivity contribution < 1.29 is 31.5 Å². The molecular weight excluding hydrogens is 837 g/mol. The zero-order chi connectivity index (χ0) is 44.2. The van der Waals surface area contributed by atoms with Gasteiger partial charge in [0, 0.05) is 76.1 Å². The van der Waals surface area contributed by atoms with E-state index in [1.807, 2.05) is 6.07 Å². The first-order chi connectivity index (χ1) is 30.1. The molecule has 17 nitrogen and oxygen atoms in total. The fourth-order valence-corrected chi connectivity index (χ4v) is 11.3. The molecule has 0 bridgehead atoms. The van der Waals surface area contributed by atoms with Crippen molar-refractivity contribution in [3.8, 4) is 17.6 Å². The Balaban J connectivity index is 0.766. The molecule has 2 saturated carbocycles. The van der Waals surface area contributed by atoms with E-state index in [0.29, 0.717) is 34.0 Å². The number of ether oxygens (including phenoxy) is 1. The number of hydrogen-bond acceptors (Lipinski definition) is 11. The first-order valence-corrected chi connectivity index (χ1v) is 22.4. The summed E-state index contributed by atoms with van der Waals surface area (Å²) in [6, 6.07) is 11.7. The highest BCUT2D eigenvalue weighted by molar-refractivity contribution is 7.90. The maximum Gasteiger partial charge on any atom is 0.329 e. The zero-order valence-corrected chi connectivity index (χ0v) is 35.7. The van der Waals surface area contributed by atoms with Crippen LogP contribution in [-0.2, 0) is 22.1 Å². The Morgan fingerprint density at radius 2 is 1.75 bits per heavy atom. The second-order valence-electron chi connectivity index (χ2n) is 17.9. The van der Waals surface area contributed by atoms with Crippen molar-refractivity contribution in [1.29, 1.82) is 5.26 Å². The first kappa shape index (κ1) is 40.9. The molecule has 10 rings (SSSR count). The lowest BCUT2D eigenvalue weighted by Gasteiger charge is -2.61. The molecule has 0 unspecified atom stereocenters. The summed E-state index contributed by atoms with van der Waals surface area (Å²) in [5.74, 6) is -1.66. The number of rotatable bonds is 10. The van der Waals surface area contributed by atoms with E-state index in [-0.39, 0.29) is 76.1 Å². The minimum atomic E-state index is -4.01. The number of hydrogen-bond donors (Lipinski definition) is 2. The minimum absolute atomic E-state index is 0.0376. The fourth-order valence-electron chi connectivity index (χ4n) is 10.4. The number of aromatic nitrogens is 4. The average Bonchev–Trinajstić information content (AvgIpc) is 3.79. The third-order valence-electron chi connectivity index (χ3n) is 13.9. The molecule has 0 atom stereocenters. The number of fused-ring (bicyclic) bond motifs is 2. The van der Waals surface area contributed by atoms with Gasteiger partial charge in [-0.15, -0.1) is 0 Å². The topological polar surface area (TPSA) is 191 Å². The van der Waals surface area contributed by atoms with E-state index in [9.17, 15) is 28.1 Å². The van der Waals surface area contributed by atoms with E-state index in [4.69, 9.17) is 4.74 Å². The normalized spacial score (nSPS) is 20.9. The highest BCUT2D eigenvalue weighted by atomic mass is 32.2. The summed E-state index contributed by atoms with van der Waals surface area (Å²) in [5.41, 5.74) is 1.15. The molecule has 2 spiro atoms. The number of imide groups is 1. The number of benzene rings is 3. The molecule has 63 heavy (non-hydrogen) atoms. The number of nitrogens with one attached hydrogen (secondary N) is 2. The lowest BCUT2D eigenvalue weighted by Crippen LogP contribution is -2.66. The first-order valence-electron chi connectivity index (χ1n) is 21.0. The van der Waals surface area contributed by atoms with Crippen LogP contribution in [0.2, 0.25) is 0 Å². The summed E-state index contributed by atoms with van der Waals surface area (Å²) in [4.78, 5) is 48.7. The third kappa shape index (κ3) is 6.84. The van der Waals surface area contributed by atoms with Crippen molar-refractivity contribution in [1.82, 2.24) is 33.9 Å². The lowest BCUT2D eigenvalue weighted by molar-refractivity contribution is -0.120. The van der Waals surface area contributed by atoms with E-state index < -0.39 is 27.8 Å². The molecule has 2 aliphatic carbocycles. The Morgan fingerprint density at radius 3 is 2.48 bits per heavy atom. The van der Waals surface area contributed by atoms with Crippen LogP contribution in [0.1, 0.15) is 57.1 Å². The molecule has 3 saturated heterocycles. The summed E-state index contributed by atoms with van der Waals surface area (Å²) >= 11 is 0. The summed E-state index contributed by atoms with van der Waals surface area (Å²) in [5, 5.41) is 17.5. The Kier molecular flexibility index (Phi) is 9.54. The predicted octanol–water partition coefficient (Wildman–Crippen LogP) is 4.98. The number of carbonyl (C=O) groups is 2. The highest BCUT2D eigenvalue weighted by Crippen LogP contribution is 2.58. The van der Waals surface area contributed by atoms with Gasteiger partial charge >= 0.3 is 16.2 Å². The third-order valence-corrected chi connectivity index (χ3v) is 15.5. The van der Waals surface area contributed by atoms with Gasteiger partial charge in [0.15, 0.2) is 17.4 Å². The van der Waals surface area contributed by atoms with Crippen molar-refractivity contribution in [2.24, 2.45) is 17.9 Å². The largest absolute Gasteiger partial charge is 0.453 e. The summed E-state index contributed by atoms with van der Waals surface area (Å²) in [6.45, 7) is 5.46. The van der Waals surface area contributed by atoms with Crippen LogP contribution in [-0.4, -0.2) is 101 Å². The zero-order valence-electron chi connectivity index (χ0n) is 34.9. The van der Waals surface area contributed by atoms with Gasteiger partial charge in [-0.25, -0.2) is 18.6 Å². The molecule has 0 radical (unpaired) electrons. The Morgan fingerprint density at radius 1 is 0.984 bits per heavy atom.